The van der Waals surface area contributed by atoms with E-state index in [-0.39, 0.29) is 6.04 Å². The number of rotatable bonds is 4. The molecule has 0 amide bonds. The number of hydrogen-bond acceptors (Lipinski definition) is 2. The van der Waals surface area contributed by atoms with Gasteiger partial charge < -0.3 is 0 Å². The van der Waals surface area contributed by atoms with Gasteiger partial charge in [-0.2, -0.15) is 0 Å². The largest absolute Gasteiger partial charge is 0.271 e. The maximum Gasteiger partial charge on any atom is 0.0710 e. The van der Waals surface area contributed by atoms with E-state index in [1.807, 2.05) is 0 Å². The van der Waals surface area contributed by atoms with Gasteiger partial charge in [0.15, 0.2) is 0 Å². The molecule has 0 aromatic heterocycles. The summed E-state index contributed by atoms with van der Waals surface area (Å²) in [7, 11) is 0. The highest BCUT2D eigenvalue weighted by atomic mass is 15.2. The number of hydrogen-bond donors (Lipinski definition) is 2. The fraction of sp³-hybridized carbons (Fsp3) is 0.333. The van der Waals surface area contributed by atoms with Crippen LogP contribution in [0.5, 0.6) is 0 Å². The third-order valence-corrected chi connectivity index (χ3v) is 4.34. The third-order valence-electron chi connectivity index (χ3n) is 4.34. The summed E-state index contributed by atoms with van der Waals surface area (Å²) in [5.74, 6) is 5.80. The first kappa shape index (κ1) is 13.3. The number of fused-ring (bicyclic) bond motifs is 1. The van der Waals surface area contributed by atoms with Crippen LogP contribution in [0.2, 0.25) is 0 Å². The first-order chi connectivity index (χ1) is 9.81. The third kappa shape index (κ3) is 2.49. The minimum atomic E-state index is 0.0757. The Morgan fingerprint density at radius 3 is 2.40 bits per heavy atom. The molecule has 0 radical (unpaired) electrons. The Kier molecular flexibility index (Phi) is 3.86. The van der Waals surface area contributed by atoms with Gasteiger partial charge in [-0.3, -0.25) is 5.84 Å². The van der Waals surface area contributed by atoms with Gasteiger partial charge in [0.05, 0.1) is 6.04 Å². The van der Waals surface area contributed by atoms with E-state index in [0.717, 1.165) is 6.42 Å². The van der Waals surface area contributed by atoms with E-state index >= 15 is 0 Å². The lowest BCUT2D eigenvalue weighted by Crippen LogP contribution is -2.28. The summed E-state index contributed by atoms with van der Waals surface area (Å²) < 4.78 is 0. The first-order valence-corrected chi connectivity index (χ1v) is 7.48. The SMILES string of the molecule is CCc1ccc(C(NN)c2ccc3c(c2)CCC3)cc1. The molecule has 1 aliphatic rings. The molecule has 2 heteroatoms. The van der Waals surface area contributed by atoms with Gasteiger partial charge in [-0.25, -0.2) is 5.43 Å². The molecule has 0 heterocycles. The lowest BCUT2D eigenvalue weighted by molar-refractivity contribution is 0.636. The minimum absolute atomic E-state index is 0.0757. The maximum absolute atomic E-state index is 5.80. The molecule has 0 saturated carbocycles. The first-order valence-electron chi connectivity index (χ1n) is 7.48. The van der Waals surface area contributed by atoms with Crippen molar-refractivity contribution in [1.82, 2.24) is 5.43 Å². The van der Waals surface area contributed by atoms with Crippen LogP contribution in [0.4, 0.5) is 0 Å². The molecular formula is C18H22N2. The molecule has 3 rings (SSSR count). The van der Waals surface area contributed by atoms with Crippen LogP contribution >= 0.6 is 0 Å². The molecule has 0 saturated heterocycles. The zero-order valence-electron chi connectivity index (χ0n) is 12.0. The average molecular weight is 266 g/mol. The lowest BCUT2D eigenvalue weighted by Gasteiger charge is -2.18. The van der Waals surface area contributed by atoms with Crippen LogP contribution in [0, 0.1) is 0 Å². The summed E-state index contributed by atoms with van der Waals surface area (Å²) >= 11 is 0. The summed E-state index contributed by atoms with van der Waals surface area (Å²) in [6, 6.07) is 15.6. The Morgan fingerprint density at radius 2 is 1.70 bits per heavy atom. The van der Waals surface area contributed by atoms with Crippen LogP contribution in [0.3, 0.4) is 0 Å². The second-order valence-electron chi connectivity index (χ2n) is 5.58. The van der Waals surface area contributed by atoms with Crippen LogP contribution in [0.15, 0.2) is 42.5 Å². The van der Waals surface area contributed by atoms with Crippen LogP contribution in [-0.2, 0) is 19.3 Å². The van der Waals surface area contributed by atoms with Crippen molar-refractivity contribution in [3.05, 3.63) is 70.3 Å². The van der Waals surface area contributed by atoms with Gasteiger partial charge in [-0.1, -0.05) is 49.4 Å². The van der Waals surface area contributed by atoms with Gasteiger partial charge in [0.1, 0.15) is 0 Å². The summed E-state index contributed by atoms with van der Waals surface area (Å²) in [5, 5.41) is 0. The van der Waals surface area contributed by atoms with Gasteiger partial charge in [0, 0.05) is 0 Å². The van der Waals surface area contributed by atoms with Gasteiger partial charge in [0.25, 0.3) is 0 Å². The molecule has 104 valence electrons. The van der Waals surface area contributed by atoms with E-state index in [1.54, 1.807) is 0 Å². The molecule has 2 aromatic rings. The molecule has 1 aliphatic carbocycles. The molecule has 2 nitrogen and oxygen atoms in total. The fourth-order valence-corrected chi connectivity index (χ4v) is 3.10. The Balaban J connectivity index is 1.92. The number of benzene rings is 2. The predicted molar refractivity (Wildman–Crippen MR) is 83.5 cm³/mol. The van der Waals surface area contributed by atoms with Crippen LogP contribution in [0.1, 0.15) is 47.2 Å². The Labute approximate surface area is 121 Å². The second kappa shape index (κ2) is 5.78. The molecule has 1 unspecified atom stereocenters. The van der Waals surface area contributed by atoms with Crippen LogP contribution < -0.4 is 11.3 Å². The van der Waals surface area contributed by atoms with Crippen molar-refractivity contribution in [1.29, 1.82) is 0 Å². The maximum atomic E-state index is 5.80. The summed E-state index contributed by atoms with van der Waals surface area (Å²) in [6.45, 7) is 2.17. The van der Waals surface area contributed by atoms with Crippen molar-refractivity contribution in [2.75, 3.05) is 0 Å². The van der Waals surface area contributed by atoms with Gasteiger partial charge in [0.2, 0.25) is 0 Å². The number of aryl methyl sites for hydroxylation is 3. The van der Waals surface area contributed by atoms with Crippen molar-refractivity contribution in [2.45, 2.75) is 38.6 Å². The fourth-order valence-electron chi connectivity index (χ4n) is 3.10. The molecule has 0 spiro atoms. The topological polar surface area (TPSA) is 38.0 Å². The Hall–Kier alpha value is -1.64. The van der Waals surface area contributed by atoms with E-state index in [2.05, 4.69) is 54.8 Å². The van der Waals surface area contributed by atoms with Crippen LogP contribution in [-0.4, -0.2) is 0 Å². The number of hydrazine groups is 1. The summed E-state index contributed by atoms with van der Waals surface area (Å²) in [5.41, 5.74) is 9.81. The average Bonchev–Trinajstić information content (AvgIpc) is 2.96. The zero-order chi connectivity index (χ0) is 13.9. The smallest absolute Gasteiger partial charge is 0.0710 e. The van der Waals surface area contributed by atoms with E-state index < -0.39 is 0 Å². The molecule has 1 atom stereocenters. The van der Waals surface area contributed by atoms with Gasteiger partial charge in [-0.05, 0) is 53.5 Å². The monoisotopic (exact) mass is 266 g/mol. The van der Waals surface area contributed by atoms with E-state index in [1.165, 1.54) is 47.1 Å². The molecular weight excluding hydrogens is 244 g/mol. The van der Waals surface area contributed by atoms with E-state index in [9.17, 15) is 0 Å². The van der Waals surface area contributed by atoms with Gasteiger partial charge in [-0.15, -0.1) is 0 Å². The normalized spacial score (nSPS) is 15.1. The van der Waals surface area contributed by atoms with Gasteiger partial charge >= 0.3 is 0 Å². The van der Waals surface area contributed by atoms with Crippen molar-refractivity contribution >= 4 is 0 Å². The Morgan fingerprint density at radius 1 is 1.00 bits per heavy atom. The van der Waals surface area contributed by atoms with Crippen LogP contribution in [0.25, 0.3) is 0 Å². The predicted octanol–water partition coefficient (Wildman–Crippen LogP) is 3.29. The highest BCUT2D eigenvalue weighted by Crippen LogP contribution is 2.28. The van der Waals surface area contributed by atoms with E-state index in [0.29, 0.717) is 0 Å². The highest BCUT2D eigenvalue weighted by molar-refractivity contribution is 5.40. The van der Waals surface area contributed by atoms with E-state index in [4.69, 9.17) is 5.84 Å². The second-order valence-corrected chi connectivity index (χ2v) is 5.58. The van der Waals surface area contributed by atoms with Crippen molar-refractivity contribution < 1.29 is 0 Å². The molecule has 20 heavy (non-hydrogen) atoms. The molecule has 3 N–H and O–H groups in total. The quantitative estimate of drug-likeness (QED) is 0.658. The van der Waals surface area contributed by atoms with Crippen molar-refractivity contribution in [3.63, 3.8) is 0 Å². The molecule has 0 fully saturated rings. The highest BCUT2D eigenvalue weighted by Gasteiger charge is 2.16. The molecule has 0 aliphatic heterocycles. The molecule has 0 bridgehead atoms. The summed E-state index contributed by atoms with van der Waals surface area (Å²) in [6.07, 6.45) is 4.78. The zero-order valence-corrected chi connectivity index (χ0v) is 12.0. The Bertz CT molecular complexity index is 587. The van der Waals surface area contributed by atoms with Crippen molar-refractivity contribution in [2.24, 2.45) is 5.84 Å². The summed E-state index contributed by atoms with van der Waals surface area (Å²) in [4.78, 5) is 0. The minimum Gasteiger partial charge on any atom is -0.271 e. The number of nitrogens with two attached hydrogens (primary N) is 1. The lowest BCUT2D eigenvalue weighted by atomic mass is 9.95. The van der Waals surface area contributed by atoms with Crippen molar-refractivity contribution in [3.8, 4) is 0 Å². The number of nitrogens with one attached hydrogen (secondary N) is 1. The molecule has 2 aromatic carbocycles. The standard InChI is InChI=1S/C18H22N2/c1-2-13-6-8-15(9-7-13)18(20-19)17-11-10-14-4-3-5-16(14)12-17/h6-12,18,20H,2-5,19H2,1H3.